The molecule has 1 fully saturated rings. The Kier molecular flexibility index (Phi) is 4.37. The molecule has 1 aliphatic rings. The smallest absolute Gasteiger partial charge is 0.248 e. The van der Waals surface area contributed by atoms with E-state index < -0.39 is 5.54 Å². The Balaban J connectivity index is 2.06. The quantitative estimate of drug-likeness (QED) is 0.896. The molecule has 1 aromatic rings. The lowest BCUT2D eigenvalue weighted by Crippen LogP contribution is -2.54. The van der Waals surface area contributed by atoms with Crippen molar-refractivity contribution >= 4 is 11.8 Å². The molecule has 2 heterocycles. The lowest BCUT2D eigenvalue weighted by Gasteiger charge is -2.31. The number of hydrogen-bond donors (Lipinski definition) is 1. The Morgan fingerprint density at radius 2 is 2.05 bits per heavy atom. The van der Waals surface area contributed by atoms with Gasteiger partial charge in [-0.15, -0.1) is 0 Å². The lowest BCUT2D eigenvalue weighted by atomic mass is 9.97. The Hall–Kier alpha value is -1.91. The fourth-order valence-electron chi connectivity index (χ4n) is 2.38. The Labute approximate surface area is 119 Å². The highest BCUT2D eigenvalue weighted by Gasteiger charge is 2.38. The monoisotopic (exact) mass is 275 g/mol. The van der Waals surface area contributed by atoms with E-state index in [0.717, 1.165) is 12.0 Å². The average Bonchev–Trinajstić information content (AvgIpc) is 2.57. The van der Waals surface area contributed by atoms with Gasteiger partial charge < -0.3 is 10.2 Å². The topological polar surface area (TPSA) is 62.3 Å². The minimum Gasteiger partial charge on any atom is -0.342 e. The van der Waals surface area contributed by atoms with Gasteiger partial charge in [0, 0.05) is 31.9 Å². The maximum Gasteiger partial charge on any atom is 0.248 e. The SMILES string of the molecule is CCC1(C)NC(=O)CCN(CCc2ccncc2)C1=O. The number of pyridine rings is 1. The number of nitrogens with zero attached hydrogens (tertiary/aromatic N) is 2. The summed E-state index contributed by atoms with van der Waals surface area (Å²) in [6, 6.07) is 3.90. The molecule has 0 radical (unpaired) electrons. The van der Waals surface area contributed by atoms with Crippen molar-refractivity contribution in [2.24, 2.45) is 0 Å². The van der Waals surface area contributed by atoms with Gasteiger partial charge in [-0.2, -0.15) is 0 Å². The minimum atomic E-state index is -0.772. The first-order valence-corrected chi connectivity index (χ1v) is 7.04. The first-order chi connectivity index (χ1) is 9.55. The van der Waals surface area contributed by atoms with Crippen molar-refractivity contribution in [3.63, 3.8) is 0 Å². The normalized spacial score (nSPS) is 23.4. The molecule has 5 nitrogen and oxygen atoms in total. The van der Waals surface area contributed by atoms with Gasteiger partial charge in [0.15, 0.2) is 0 Å². The zero-order valence-electron chi connectivity index (χ0n) is 12.1. The molecule has 20 heavy (non-hydrogen) atoms. The second-order valence-electron chi connectivity index (χ2n) is 5.38. The zero-order valence-corrected chi connectivity index (χ0v) is 12.1. The van der Waals surface area contributed by atoms with Crippen molar-refractivity contribution in [3.8, 4) is 0 Å². The molecule has 1 saturated heterocycles. The molecule has 2 rings (SSSR count). The van der Waals surface area contributed by atoms with Gasteiger partial charge in [0.05, 0.1) is 0 Å². The van der Waals surface area contributed by atoms with Gasteiger partial charge in [0.2, 0.25) is 11.8 Å². The van der Waals surface area contributed by atoms with E-state index >= 15 is 0 Å². The van der Waals surface area contributed by atoms with E-state index in [1.54, 1.807) is 24.2 Å². The van der Waals surface area contributed by atoms with E-state index in [9.17, 15) is 9.59 Å². The second-order valence-corrected chi connectivity index (χ2v) is 5.38. The van der Waals surface area contributed by atoms with E-state index in [1.165, 1.54) is 0 Å². The van der Waals surface area contributed by atoms with Crippen molar-refractivity contribution < 1.29 is 9.59 Å². The third kappa shape index (κ3) is 3.15. The molecule has 1 atom stereocenters. The van der Waals surface area contributed by atoms with E-state index in [4.69, 9.17) is 0 Å². The van der Waals surface area contributed by atoms with Crippen molar-refractivity contribution in [3.05, 3.63) is 30.1 Å². The Morgan fingerprint density at radius 1 is 1.35 bits per heavy atom. The largest absolute Gasteiger partial charge is 0.342 e. The van der Waals surface area contributed by atoms with Gasteiger partial charge in [0.25, 0.3) is 0 Å². The molecule has 0 bridgehead atoms. The summed E-state index contributed by atoms with van der Waals surface area (Å²) >= 11 is 0. The molecule has 2 amide bonds. The Morgan fingerprint density at radius 3 is 2.70 bits per heavy atom. The summed E-state index contributed by atoms with van der Waals surface area (Å²) < 4.78 is 0. The summed E-state index contributed by atoms with van der Waals surface area (Å²) in [5.74, 6) is -0.0333. The number of hydrogen-bond acceptors (Lipinski definition) is 3. The van der Waals surface area contributed by atoms with Crippen LogP contribution in [0.2, 0.25) is 0 Å². The van der Waals surface area contributed by atoms with E-state index in [-0.39, 0.29) is 11.8 Å². The molecule has 0 aromatic carbocycles. The lowest BCUT2D eigenvalue weighted by molar-refractivity contribution is -0.138. The van der Waals surface area contributed by atoms with Crippen LogP contribution in [-0.4, -0.2) is 40.3 Å². The van der Waals surface area contributed by atoms with Gasteiger partial charge in [-0.3, -0.25) is 14.6 Å². The van der Waals surface area contributed by atoms with Gasteiger partial charge in [-0.1, -0.05) is 6.92 Å². The molecular formula is C15H21N3O2. The molecule has 5 heteroatoms. The summed E-state index contributed by atoms with van der Waals surface area (Å²) in [5, 5.41) is 2.84. The van der Waals surface area contributed by atoms with Gasteiger partial charge in [-0.25, -0.2) is 0 Å². The van der Waals surface area contributed by atoms with E-state index in [0.29, 0.717) is 25.9 Å². The van der Waals surface area contributed by atoms with Crippen LogP contribution in [0.25, 0.3) is 0 Å². The highest BCUT2D eigenvalue weighted by atomic mass is 16.2. The van der Waals surface area contributed by atoms with Gasteiger partial charge in [-0.05, 0) is 37.5 Å². The van der Waals surface area contributed by atoms with Crippen LogP contribution in [0.4, 0.5) is 0 Å². The highest BCUT2D eigenvalue weighted by molar-refractivity contribution is 5.93. The number of carbonyl (C=O) groups excluding carboxylic acids is 2. The summed E-state index contributed by atoms with van der Waals surface area (Å²) in [5.41, 5.74) is 0.376. The van der Waals surface area contributed by atoms with Crippen LogP contribution in [0, 0.1) is 0 Å². The maximum absolute atomic E-state index is 12.6. The molecule has 0 saturated carbocycles. The van der Waals surface area contributed by atoms with E-state index in [2.05, 4.69) is 10.3 Å². The minimum absolute atomic E-state index is 0.0138. The van der Waals surface area contributed by atoms with Crippen LogP contribution in [0.15, 0.2) is 24.5 Å². The van der Waals surface area contributed by atoms with Crippen LogP contribution >= 0.6 is 0 Å². The van der Waals surface area contributed by atoms with Crippen molar-refractivity contribution in [2.75, 3.05) is 13.1 Å². The summed E-state index contributed by atoms with van der Waals surface area (Å²) in [4.78, 5) is 30.1. The van der Waals surface area contributed by atoms with Crippen molar-refractivity contribution in [1.82, 2.24) is 15.2 Å². The molecular weight excluding hydrogens is 254 g/mol. The average molecular weight is 275 g/mol. The van der Waals surface area contributed by atoms with Crippen molar-refractivity contribution in [2.45, 2.75) is 38.6 Å². The van der Waals surface area contributed by atoms with Crippen LogP contribution in [0.1, 0.15) is 32.3 Å². The third-order valence-electron chi connectivity index (χ3n) is 3.91. The predicted octanol–water partition coefficient (Wildman–Crippen LogP) is 1.14. The predicted molar refractivity (Wildman–Crippen MR) is 76.0 cm³/mol. The fraction of sp³-hybridized carbons (Fsp3) is 0.533. The standard InChI is InChI=1S/C15H21N3O2/c1-3-15(2)14(20)18(11-7-13(19)17-15)10-6-12-4-8-16-9-5-12/h4-5,8-9H,3,6-7,10-11H2,1-2H3,(H,17,19). The summed E-state index contributed by atoms with van der Waals surface area (Å²) in [6.45, 7) is 4.85. The summed E-state index contributed by atoms with van der Waals surface area (Å²) in [6.07, 6.45) is 5.25. The molecule has 1 N–H and O–H groups in total. The third-order valence-corrected chi connectivity index (χ3v) is 3.91. The molecule has 108 valence electrons. The Bertz CT molecular complexity index is 489. The number of rotatable bonds is 4. The van der Waals surface area contributed by atoms with Crippen LogP contribution < -0.4 is 5.32 Å². The number of aromatic nitrogens is 1. The molecule has 1 aliphatic heterocycles. The van der Waals surface area contributed by atoms with Crippen LogP contribution in [0.5, 0.6) is 0 Å². The number of amides is 2. The maximum atomic E-state index is 12.6. The summed E-state index contributed by atoms with van der Waals surface area (Å²) in [7, 11) is 0. The molecule has 1 aromatic heterocycles. The number of carbonyl (C=O) groups is 2. The van der Waals surface area contributed by atoms with Gasteiger partial charge >= 0.3 is 0 Å². The fourth-order valence-corrected chi connectivity index (χ4v) is 2.38. The first-order valence-electron chi connectivity index (χ1n) is 7.04. The van der Waals surface area contributed by atoms with Gasteiger partial charge in [0.1, 0.15) is 5.54 Å². The second kappa shape index (κ2) is 6.03. The first kappa shape index (κ1) is 14.5. The molecule has 0 spiro atoms. The number of nitrogens with one attached hydrogen (secondary N) is 1. The van der Waals surface area contributed by atoms with Crippen LogP contribution in [0.3, 0.4) is 0 Å². The highest BCUT2D eigenvalue weighted by Crippen LogP contribution is 2.18. The van der Waals surface area contributed by atoms with Crippen LogP contribution in [-0.2, 0) is 16.0 Å². The van der Waals surface area contributed by atoms with E-state index in [1.807, 2.05) is 19.1 Å². The molecule has 1 unspecified atom stereocenters. The molecule has 0 aliphatic carbocycles. The zero-order chi connectivity index (χ0) is 14.6. The van der Waals surface area contributed by atoms with Crippen molar-refractivity contribution in [1.29, 1.82) is 0 Å².